The molecule has 0 saturated heterocycles. The number of rotatable bonds is 3. The van der Waals surface area contributed by atoms with Gasteiger partial charge in [-0.1, -0.05) is 42.5 Å². The Bertz CT molecular complexity index is 1170. The lowest BCUT2D eigenvalue weighted by Crippen LogP contribution is -2.43. The van der Waals surface area contributed by atoms with E-state index in [0.717, 1.165) is 40.8 Å². The number of aromatic amines is 1. The van der Waals surface area contributed by atoms with Crippen molar-refractivity contribution in [3.8, 4) is 16.9 Å². The number of nitrogens with two attached hydrogens (primary N) is 1. The highest BCUT2D eigenvalue weighted by Crippen LogP contribution is 2.39. The van der Waals surface area contributed by atoms with Gasteiger partial charge in [0.05, 0.1) is 16.7 Å². The Morgan fingerprint density at radius 2 is 1.67 bits per heavy atom. The number of pyridine rings is 1. The minimum atomic E-state index is -0.162. The van der Waals surface area contributed by atoms with Crippen LogP contribution in [0.15, 0.2) is 77.6 Å². The Kier molecular flexibility index (Phi) is 3.55. The van der Waals surface area contributed by atoms with Crippen molar-refractivity contribution in [1.82, 2.24) is 9.55 Å². The molecule has 4 nitrogen and oxygen atoms in total. The summed E-state index contributed by atoms with van der Waals surface area (Å²) >= 11 is 0. The molecule has 3 N–H and O–H groups in total. The average molecular weight is 355 g/mol. The molecule has 0 bridgehead atoms. The standard InChI is InChI=1S/C23H21N3O/c24-23(13-4-14-23)17-7-9-18(10-8-17)26-20-11-12-22(27)25-19(20)15-21(26)16-5-2-1-3-6-16/h1-3,5-12,15H,4,13-14,24H2,(H,25,27). The molecule has 1 aliphatic carbocycles. The van der Waals surface area contributed by atoms with Crippen LogP contribution in [0.2, 0.25) is 0 Å². The first-order valence-corrected chi connectivity index (χ1v) is 9.34. The van der Waals surface area contributed by atoms with Crippen LogP contribution in [0.1, 0.15) is 24.8 Å². The van der Waals surface area contributed by atoms with Gasteiger partial charge in [-0.3, -0.25) is 4.79 Å². The molecule has 4 heteroatoms. The lowest BCUT2D eigenvalue weighted by atomic mass is 9.73. The van der Waals surface area contributed by atoms with Crippen LogP contribution in [0, 0.1) is 0 Å². The maximum Gasteiger partial charge on any atom is 0.248 e. The van der Waals surface area contributed by atoms with Gasteiger partial charge in [0.25, 0.3) is 0 Å². The van der Waals surface area contributed by atoms with Crippen molar-refractivity contribution < 1.29 is 0 Å². The Morgan fingerprint density at radius 3 is 2.33 bits per heavy atom. The molecule has 0 spiro atoms. The Labute approximate surface area is 157 Å². The number of benzene rings is 2. The largest absolute Gasteiger partial charge is 0.321 e. The summed E-state index contributed by atoms with van der Waals surface area (Å²) in [5, 5.41) is 0. The highest BCUT2D eigenvalue weighted by molar-refractivity contribution is 5.86. The molecule has 1 aliphatic rings. The van der Waals surface area contributed by atoms with Crippen LogP contribution < -0.4 is 11.3 Å². The molecule has 134 valence electrons. The molecule has 0 amide bonds. The Morgan fingerprint density at radius 1 is 0.926 bits per heavy atom. The molecule has 0 unspecified atom stereocenters. The summed E-state index contributed by atoms with van der Waals surface area (Å²) in [6.07, 6.45) is 3.30. The zero-order chi connectivity index (χ0) is 18.4. The van der Waals surface area contributed by atoms with Crippen molar-refractivity contribution in [2.24, 2.45) is 5.73 Å². The first kappa shape index (κ1) is 16.1. The smallest absolute Gasteiger partial charge is 0.248 e. The summed E-state index contributed by atoms with van der Waals surface area (Å²) < 4.78 is 2.19. The van der Waals surface area contributed by atoms with Crippen LogP contribution in [-0.4, -0.2) is 9.55 Å². The second-order valence-electron chi connectivity index (χ2n) is 7.41. The normalized spacial score (nSPS) is 15.6. The molecule has 27 heavy (non-hydrogen) atoms. The number of hydrogen-bond donors (Lipinski definition) is 2. The lowest BCUT2D eigenvalue weighted by molar-refractivity contribution is 0.253. The van der Waals surface area contributed by atoms with Gasteiger partial charge in [0, 0.05) is 17.3 Å². The predicted molar refractivity (Wildman–Crippen MR) is 109 cm³/mol. The number of nitrogens with one attached hydrogen (secondary N) is 1. The van der Waals surface area contributed by atoms with Crippen LogP contribution in [0.25, 0.3) is 28.0 Å². The molecular formula is C23H21N3O. The third-order valence-electron chi connectivity index (χ3n) is 5.71. The molecule has 1 saturated carbocycles. The van der Waals surface area contributed by atoms with Gasteiger partial charge in [-0.2, -0.15) is 0 Å². The molecule has 2 aromatic carbocycles. The van der Waals surface area contributed by atoms with E-state index < -0.39 is 0 Å². The fraction of sp³-hybridized carbons (Fsp3) is 0.174. The maximum atomic E-state index is 11.8. The Hall–Kier alpha value is -3.11. The average Bonchev–Trinajstić information content (AvgIpc) is 3.05. The van der Waals surface area contributed by atoms with Crippen LogP contribution >= 0.6 is 0 Å². The highest BCUT2D eigenvalue weighted by atomic mass is 16.1. The summed E-state index contributed by atoms with van der Waals surface area (Å²) in [7, 11) is 0. The van der Waals surface area contributed by atoms with Crippen LogP contribution in [0.3, 0.4) is 0 Å². The van der Waals surface area contributed by atoms with Crippen molar-refractivity contribution in [1.29, 1.82) is 0 Å². The van der Waals surface area contributed by atoms with Crippen LogP contribution in [0.5, 0.6) is 0 Å². The van der Waals surface area contributed by atoms with Crippen molar-refractivity contribution in [2.75, 3.05) is 0 Å². The third kappa shape index (κ3) is 2.61. The minimum absolute atomic E-state index is 0.0929. The Balaban J connectivity index is 1.70. The van der Waals surface area contributed by atoms with Crippen LogP contribution in [-0.2, 0) is 5.54 Å². The second-order valence-corrected chi connectivity index (χ2v) is 7.41. The van der Waals surface area contributed by atoms with Gasteiger partial charge in [-0.05, 0) is 54.7 Å². The fourth-order valence-electron chi connectivity index (χ4n) is 4.01. The zero-order valence-electron chi connectivity index (χ0n) is 15.0. The van der Waals surface area contributed by atoms with E-state index in [0.29, 0.717) is 0 Å². The number of fused-ring (bicyclic) bond motifs is 1. The zero-order valence-corrected chi connectivity index (χ0v) is 15.0. The summed E-state index contributed by atoms with van der Waals surface area (Å²) in [5.41, 5.74) is 12.4. The van der Waals surface area contributed by atoms with Gasteiger partial charge in [0.15, 0.2) is 0 Å². The van der Waals surface area contributed by atoms with E-state index in [1.54, 1.807) is 6.07 Å². The number of H-pyrrole nitrogens is 1. The van der Waals surface area contributed by atoms with E-state index in [2.05, 4.69) is 45.9 Å². The number of aromatic nitrogens is 2. The molecule has 4 aromatic rings. The first-order valence-electron chi connectivity index (χ1n) is 9.34. The predicted octanol–water partition coefficient (Wildman–Crippen LogP) is 4.32. The minimum Gasteiger partial charge on any atom is -0.321 e. The van der Waals surface area contributed by atoms with E-state index in [9.17, 15) is 4.79 Å². The van der Waals surface area contributed by atoms with Gasteiger partial charge < -0.3 is 15.3 Å². The molecule has 2 heterocycles. The summed E-state index contributed by atoms with van der Waals surface area (Å²) in [5.74, 6) is 0. The topological polar surface area (TPSA) is 63.8 Å². The molecule has 2 aromatic heterocycles. The van der Waals surface area contributed by atoms with Crippen molar-refractivity contribution in [3.05, 3.63) is 88.7 Å². The monoisotopic (exact) mass is 355 g/mol. The van der Waals surface area contributed by atoms with Gasteiger partial charge in [0.2, 0.25) is 5.56 Å². The van der Waals surface area contributed by atoms with E-state index in [4.69, 9.17) is 5.73 Å². The molecular weight excluding hydrogens is 334 g/mol. The molecule has 5 rings (SSSR count). The van der Waals surface area contributed by atoms with E-state index in [1.165, 1.54) is 12.0 Å². The van der Waals surface area contributed by atoms with Crippen molar-refractivity contribution >= 4 is 11.0 Å². The lowest BCUT2D eigenvalue weighted by Gasteiger charge is -2.38. The maximum absolute atomic E-state index is 11.8. The molecule has 1 fully saturated rings. The van der Waals surface area contributed by atoms with E-state index >= 15 is 0 Å². The first-order chi connectivity index (χ1) is 13.1. The quantitative estimate of drug-likeness (QED) is 0.575. The SMILES string of the molecule is NC1(c2ccc(-n3c(-c4ccccc4)cc4[nH]c(=O)ccc43)cc2)CCC1. The summed E-state index contributed by atoms with van der Waals surface area (Å²) in [4.78, 5) is 14.7. The number of nitrogens with zero attached hydrogens (tertiary/aromatic N) is 1. The van der Waals surface area contributed by atoms with Crippen molar-refractivity contribution in [3.63, 3.8) is 0 Å². The van der Waals surface area contributed by atoms with Gasteiger partial charge >= 0.3 is 0 Å². The highest BCUT2D eigenvalue weighted by Gasteiger charge is 2.34. The molecule has 0 aliphatic heterocycles. The second kappa shape index (κ2) is 5.96. The van der Waals surface area contributed by atoms with Gasteiger partial charge in [-0.15, -0.1) is 0 Å². The molecule has 0 radical (unpaired) electrons. The van der Waals surface area contributed by atoms with E-state index in [1.807, 2.05) is 30.3 Å². The summed E-state index contributed by atoms with van der Waals surface area (Å²) in [6, 6.07) is 24.2. The summed E-state index contributed by atoms with van der Waals surface area (Å²) in [6.45, 7) is 0. The fourth-order valence-corrected chi connectivity index (χ4v) is 4.01. The van der Waals surface area contributed by atoms with E-state index in [-0.39, 0.29) is 11.1 Å². The molecule has 0 atom stereocenters. The number of hydrogen-bond acceptors (Lipinski definition) is 2. The van der Waals surface area contributed by atoms with Gasteiger partial charge in [0.1, 0.15) is 0 Å². The third-order valence-corrected chi connectivity index (χ3v) is 5.71. The van der Waals surface area contributed by atoms with Gasteiger partial charge in [-0.25, -0.2) is 0 Å². The van der Waals surface area contributed by atoms with Crippen LogP contribution in [0.4, 0.5) is 0 Å². The van der Waals surface area contributed by atoms with Crippen molar-refractivity contribution in [2.45, 2.75) is 24.8 Å².